The number of benzene rings is 1. The van der Waals surface area contributed by atoms with Gasteiger partial charge < -0.3 is 19.9 Å². The predicted octanol–water partition coefficient (Wildman–Crippen LogP) is 2.31. The van der Waals surface area contributed by atoms with Crippen molar-refractivity contribution in [2.45, 2.75) is 32.4 Å². The second kappa shape index (κ2) is 12.4. The summed E-state index contributed by atoms with van der Waals surface area (Å²) in [5.41, 5.74) is 2.10. The second-order valence-electron chi connectivity index (χ2n) is 7.96. The number of aryl methyl sites for hydroxylation is 1. The normalized spacial score (nSPS) is 16.0. The number of unbranched alkanes of at least 4 members (excludes halogenated alkanes) is 1. The minimum absolute atomic E-state index is 0.0467. The lowest BCUT2D eigenvalue weighted by atomic mass is 10.0. The van der Waals surface area contributed by atoms with E-state index in [0.717, 1.165) is 49.7 Å². The highest BCUT2D eigenvalue weighted by atomic mass is 19.1. The molecule has 3 rings (SSSR count). The molecule has 2 N–H and O–H groups in total. The Morgan fingerprint density at radius 2 is 1.88 bits per heavy atom. The Bertz CT molecular complexity index is 923. The molecule has 1 aromatic carbocycles. The first kappa shape index (κ1) is 23.9. The average Bonchev–Trinajstić information content (AvgIpc) is 2.81. The quantitative estimate of drug-likeness (QED) is 0.354. The molecule has 32 heavy (non-hydrogen) atoms. The summed E-state index contributed by atoms with van der Waals surface area (Å²) < 4.78 is 20.7. The first-order valence-electron chi connectivity index (χ1n) is 11.3. The Kier molecular flexibility index (Phi) is 9.25. The average molecular weight is 444 g/mol. The molecule has 1 aliphatic rings. The Morgan fingerprint density at radius 1 is 1.12 bits per heavy atom. The van der Waals surface area contributed by atoms with Gasteiger partial charge in [0.1, 0.15) is 5.82 Å². The number of ether oxygens (including phenoxy) is 1. The van der Waals surface area contributed by atoms with Gasteiger partial charge in [0.25, 0.3) is 5.56 Å². The molecule has 0 aliphatic carbocycles. The van der Waals surface area contributed by atoms with Crippen LogP contribution in [0.1, 0.15) is 30.1 Å². The zero-order valence-corrected chi connectivity index (χ0v) is 19.0. The first-order valence-corrected chi connectivity index (χ1v) is 11.3. The summed E-state index contributed by atoms with van der Waals surface area (Å²) in [4.78, 5) is 18.7. The fourth-order valence-corrected chi connectivity index (χ4v) is 3.96. The van der Waals surface area contributed by atoms with Crippen LogP contribution in [0.4, 0.5) is 4.39 Å². The van der Waals surface area contributed by atoms with Crippen LogP contribution in [0.3, 0.4) is 0 Å². The van der Waals surface area contributed by atoms with Crippen LogP contribution < -0.4 is 16.2 Å². The van der Waals surface area contributed by atoms with Gasteiger partial charge in [-0.25, -0.2) is 4.39 Å². The third-order valence-corrected chi connectivity index (χ3v) is 5.80. The maximum Gasteiger partial charge on any atom is 0.250 e. The van der Waals surface area contributed by atoms with E-state index in [-0.39, 0.29) is 17.4 Å². The van der Waals surface area contributed by atoms with Gasteiger partial charge >= 0.3 is 0 Å². The fourth-order valence-electron chi connectivity index (χ4n) is 3.96. The molecule has 0 amide bonds. The molecule has 0 radical (unpaired) electrons. The van der Waals surface area contributed by atoms with E-state index in [1.807, 2.05) is 29.7 Å². The van der Waals surface area contributed by atoms with Crippen LogP contribution in [0.2, 0.25) is 0 Å². The van der Waals surface area contributed by atoms with Crippen molar-refractivity contribution in [1.29, 1.82) is 0 Å². The minimum atomic E-state index is -0.229. The molecule has 8 heteroatoms. The Hall–Kier alpha value is -2.71. The van der Waals surface area contributed by atoms with E-state index >= 15 is 0 Å². The van der Waals surface area contributed by atoms with E-state index in [2.05, 4.69) is 20.5 Å². The zero-order chi connectivity index (χ0) is 22.8. The molecule has 1 aliphatic heterocycles. The highest BCUT2D eigenvalue weighted by molar-refractivity contribution is 5.79. The van der Waals surface area contributed by atoms with E-state index in [4.69, 9.17) is 4.74 Å². The summed E-state index contributed by atoms with van der Waals surface area (Å²) >= 11 is 0. The van der Waals surface area contributed by atoms with E-state index < -0.39 is 0 Å². The Morgan fingerprint density at radius 3 is 2.56 bits per heavy atom. The molecule has 2 heterocycles. The molecule has 1 saturated heterocycles. The van der Waals surface area contributed by atoms with Crippen molar-refractivity contribution in [3.63, 3.8) is 0 Å². The van der Waals surface area contributed by atoms with Crippen LogP contribution in [0, 0.1) is 12.7 Å². The molecule has 1 aromatic heterocycles. The molecule has 1 atom stereocenters. The molecule has 7 nitrogen and oxygen atoms in total. The van der Waals surface area contributed by atoms with E-state index in [1.54, 1.807) is 19.2 Å². The van der Waals surface area contributed by atoms with Gasteiger partial charge in [0.05, 0.1) is 19.3 Å². The number of nitrogens with zero attached hydrogens (tertiary/aromatic N) is 3. The van der Waals surface area contributed by atoms with E-state index in [9.17, 15) is 9.18 Å². The smallest absolute Gasteiger partial charge is 0.250 e. The molecule has 0 spiro atoms. The lowest BCUT2D eigenvalue weighted by Crippen LogP contribution is -2.46. The largest absolute Gasteiger partial charge is 0.379 e. The maximum absolute atomic E-state index is 13.4. The van der Waals surface area contributed by atoms with E-state index in [1.165, 1.54) is 12.1 Å². The van der Waals surface area contributed by atoms with Crippen LogP contribution in [-0.2, 0) is 11.3 Å². The van der Waals surface area contributed by atoms with Gasteiger partial charge in [0.2, 0.25) is 0 Å². The number of pyridine rings is 1. The van der Waals surface area contributed by atoms with Crippen LogP contribution in [0.5, 0.6) is 0 Å². The zero-order valence-electron chi connectivity index (χ0n) is 19.0. The molecular formula is C24H34FN5O2. The highest BCUT2D eigenvalue weighted by Gasteiger charge is 2.23. The molecule has 1 fully saturated rings. The Balaban J connectivity index is 1.48. The molecule has 174 valence electrons. The lowest BCUT2D eigenvalue weighted by Gasteiger charge is -2.35. The third-order valence-electron chi connectivity index (χ3n) is 5.80. The van der Waals surface area contributed by atoms with Crippen molar-refractivity contribution in [3.8, 4) is 0 Å². The number of halogens is 1. The number of aromatic nitrogens is 1. The monoisotopic (exact) mass is 443 g/mol. The lowest BCUT2D eigenvalue weighted by molar-refractivity contribution is 0.0170. The number of guanidine groups is 1. The van der Waals surface area contributed by atoms with Crippen molar-refractivity contribution in [2.75, 3.05) is 46.4 Å². The van der Waals surface area contributed by atoms with Crippen LogP contribution >= 0.6 is 0 Å². The second-order valence-corrected chi connectivity index (χ2v) is 7.96. The van der Waals surface area contributed by atoms with Gasteiger partial charge in [-0.2, -0.15) is 0 Å². The minimum Gasteiger partial charge on any atom is -0.379 e. The van der Waals surface area contributed by atoms with Crippen LogP contribution in [0.25, 0.3) is 0 Å². The predicted molar refractivity (Wildman–Crippen MR) is 126 cm³/mol. The summed E-state index contributed by atoms with van der Waals surface area (Å²) in [6.45, 7) is 7.18. The SMILES string of the molecule is CN=C(NCCCCn1c(C)cccc1=O)NCC(c1ccc(F)cc1)N1CCOCC1. The Labute approximate surface area is 189 Å². The fraction of sp³-hybridized carbons (Fsp3) is 0.500. The van der Waals surface area contributed by atoms with Crippen molar-refractivity contribution in [1.82, 2.24) is 20.1 Å². The summed E-state index contributed by atoms with van der Waals surface area (Å²) in [5, 5.41) is 6.77. The highest BCUT2D eigenvalue weighted by Crippen LogP contribution is 2.21. The van der Waals surface area contributed by atoms with Crippen LogP contribution in [-0.4, -0.2) is 61.9 Å². The molecule has 0 bridgehead atoms. The van der Waals surface area contributed by atoms with Gasteiger partial charge in [-0.1, -0.05) is 18.2 Å². The number of rotatable bonds is 9. The summed E-state index contributed by atoms with van der Waals surface area (Å²) in [6.07, 6.45) is 1.83. The maximum atomic E-state index is 13.4. The van der Waals surface area contributed by atoms with Crippen molar-refractivity contribution >= 4 is 5.96 Å². The topological polar surface area (TPSA) is 70.9 Å². The van der Waals surface area contributed by atoms with Gasteiger partial charge in [-0.15, -0.1) is 0 Å². The number of aliphatic imine (C=N–C) groups is 1. The summed E-state index contributed by atoms with van der Waals surface area (Å²) in [7, 11) is 1.75. The number of nitrogens with one attached hydrogen (secondary N) is 2. The summed E-state index contributed by atoms with van der Waals surface area (Å²) in [5.74, 6) is 0.506. The first-order chi connectivity index (χ1) is 15.6. The molecule has 1 unspecified atom stereocenters. The number of hydrogen-bond acceptors (Lipinski definition) is 4. The summed E-state index contributed by atoms with van der Waals surface area (Å²) in [6, 6.07) is 12.2. The van der Waals surface area contributed by atoms with Crippen molar-refractivity contribution in [2.24, 2.45) is 4.99 Å². The molecular weight excluding hydrogens is 409 g/mol. The molecule has 0 saturated carbocycles. The van der Waals surface area contributed by atoms with Gasteiger partial charge in [-0.3, -0.25) is 14.7 Å². The van der Waals surface area contributed by atoms with E-state index in [0.29, 0.717) is 26.3 Å². The van der Waals surface area contributed by atoms with Crippen molar-refractivity contribution in [3.05, 3.63) is 69.9 Å². The standard InChI is InChI=1S/C24H34FN5O2/c1-19-6-5-7-23(31)30(19)13-4-3-12-27-24(26-2)28-18-22(29-14-16-32-17-15-29)20-8-10-21(25)11-9-20/h5-11,22H,3-4,12-18H2,1-2H3,(H2,26,27,28). The van der Waals surface area contributed by atoms with Gasteiger partial charge in [-0.05, 0) is 43.5 Å². The van der Waals surface area contributed by atoms with Gasteiger partial charge in [0, 0.05) is 51.5 Å². The molecule has 2 aromatic rings. The third kappa shape index (κ3) is 6.90. The van der Waals surface area contributed by atoms with Gasteiger partial charge in [0.15, 0.2) is 5.96 Å². The van der Waals surface area contributed by atoms with Crippen LogP contribution in [0.15, 0.2) is 52.3 Å². The number of hydrogen-bond donors (Lipinski definition) is 2. The van der Waals surface area contributed by atoms with Crippen molar-refractivity contribution < 1.29 is 9.13 Å². The number of morpholine rings is 1.